The number of anilines is 1. The molecule has 0 aliphatic heterocycles. The van der Waals surface area contributed by atoms with Gasteiger partial charge in [0.25, 0.3) is 10.0 Å². The molecule has 0 spiro atoms. The smallest absolute Gasteiger partial charge is 0.287 e. The first-order chi connectivity index (χ1) is 14.0. The fraction of sp³-hybridized carbons (Fsp3) is 0.211. The number of alkyl halides is 3. The monoisotopic (exact) mass is 520 g/mol. The van der Waals surface area contributed by atoms with Gasteiger partial charge in [0.2, 0.25) is 5.91 Å². The highest BCUT2D eigenvalue weighted by Crippen LogP contribution is 2.37. The Morgan fingerprint density at radius 3 is 2.50 bits per heavy atom. The molecule has 158 valence electrons. The molecule has 1 saturated carbocycles. The molecule has 1 fully saturated rings. The first kappa shape index (κ1) is 21.2. The van der Waals surface area contributed by atoms with Gasteiger partial charge in [-0.3, -0.25) is 14.1 Å². The van der Waals surface area contributed by atoms with Crippen LogP contribution >= 0.6 is 27.5 Å². The Morgan fingerprint density at radius 1 is 1.17 bits per heavy atom. The number of carbonyl (C=O) groups is 1. The van der Waals surface area contributed by atoms with Crippen molar-refractivity contribution in [1.29, 1.82) is 0 Å². The van der Waals surface area contributed by atoms with E-state index in [0.29, 0.717) is 17.0 Å². The molecule has 1 N–H and O–H groups in total. The maximum atomic E-state index is 13.1. The van der Waals surface area contributed by atoms with Crippen LogP contribution in [0.2, 0.25) is 5.02 Å². The van der Waals surface area contributed by atoms with E-state index in [1.165, 1.54) is 10.6 Å². The number of halogens is 5. The van der Waals surface area contributed by atoms with Crippen molar-refractivity contribution in [3.05, 3.63) is 57.7 Å². The molecule has 11 heteroatoms. The molecule has 3 aromatic rings. The minimum atomic E-state index is -4.73. The van der Waals surface area contributed by atoms with Crippen molar-refractivity contribution < 1.29 is 26.4 Å². The first-order valence-electron chi connectivity index (χ1n) is 8.72. The molecule has 1 aliphatic rings. The van der Waals surface area contributed by atoms with E-state index in [-0.39, 0.29) is 26.9 Å². The molecule has 0 bridgehead atoms. The third kappa shape index (κ3) is 3.95. The zero-order chi connectivity index (χ0) is 21.8. The van der Waals surface area contributed by atoms with Crippen molar-refractivity contribution in [2.75, 3.05) is 4.72 Å². The summed E-state index contributed by atoms with van der Waals surface area (Å²) in [4.78, 5) is 12.2. The van der Waals surface area contributed by atoms with Gasteiger partial charge in [-0.05, 0) is 65.2 Å². The van der Waals surface area contributed by atoms with Gasteiger partial charge in [0.05, 0.1) is 16.1 Å². The second-order valence-electron chi connectivity index (χ2n) is 6.94. The predicted molar refractivity (Wildman–Crippen MR) is 110 cm³/mol. The topological polar surface area (TPSA) is 68.2 Å². The van der Waals surface area contributed by atoms with Crippen LogP contribution in [0.4, 0.5) is 18.9 Å². The molecule has 5 nitrogen and oxygen atoms in total. The van der Waals surface area contributed by atoms with Crippen LogP contribution in [-0.4, -0.2) is 18.9 Å². The third-order valence-corrected chi connectivity index (χ3v) is 7.39. The van der Waals surface area contributed by atoms with Crippen LogP contribution < -0.4 is 4.72 Å². The number of benzene rings is 2. The van der Waals surface area contributed by atoms with Crippen LogP contribution in [0.3, 0.4) is 0 Å². The number of carbonyl (C=O) groups excluding carboxylic acids is 1. The maximum Gasteiger partial charge on any atom is 0.417 e. The van der Waals surface area contributed by atoms with Crippen LogP contribution in [0.15, 0.2) is 52.0 Å². The number of aromatic nitrogens is 1. The molecule has 4 rings (SSSR count). The largest absolute Gasteiger partial charge is 0.417 e. The quantitative estimate of drug-likeness (QED) is 0.463. The first-order valence-corrected chi connectivity index (χ1v) is 11.4. The third-order valence-electron chi connectivity index (χ3n) is 4.72. The van der Waals surface area contributed by atoms with Crippen molar-refractivity contribution in [3.63, 3.8) is 0 Å². The Hall–Kier alpha value is -2.04. The van der Waals surface area contributed by atoms with Crippen molar-refractivity contribution >= 4 is 60.1 Å². The van der Waals surface area contributed by atoms with E-state index in [0.717, 1.165) is 25.0 Å². The number of hydrogen-bond acceptors (Lipinski definition) is 3. The van der Waals surface area contributed by atoms with Crippen LogP contribution in [-0.2, 0) is 16.2 Å². The predicted octanol–water partition coefficient (Wildman–Crippen LogP) is 5.93. The Morgan fingerprint density at radius 2 is 1.87 bits per heavy atom. The molecular weight excluding hydrogens is 509 g/mol. The molecule has 1 heterocycles. The fourth-order valence-corrected chi connectivity index (χ4v) is 5.43. The number of rotatable bonds is 4. The molecule has 0 saturated heterocycles. The lowest BCUT2D eigenvalue weighted by molar-refractivity contribution is -0.137. The summed E-state index contributed by atoms with van der Waals surface area (Å²) in [5.74, 6) is -0.187. The zero-order valence-electron chi connectivity index (χ0n) is 15.0. The number of nitrogens with zero attached hydrogens (tertiary/aromatic N) is 1. The second-order valence-corrected chi connectivity index (χ2v) is 9.85. The van der Waals surface area contributed by atoms with Gasteiger partial charge in [-0.2, -0.15) is 13.2 Å². The average molecular weight is 522 g/mol. The Labute approximate surface area is 183 Å². The highest BCUT2D eigenvalue weighted by molar-refractivity contribution is 9.10. The lowest BCUT2D eigenvalue weighted by atomic mass is 10.2. The molecule has 0 unspecified atom stereocenters. The molecule has 2 aromatic carbocycles. The van der Waals surface area contributed by atoms with Gasteiger partial charge in [-0.15, -0.1) is 0 Å². The van der Waals surface area contributed by atoms with E-state index in [9.17, 15) is 26.4 Å². The van der Waals surface area contributed by atoms with Crippen molar-refractivity contribution in [2.24, 2.45) is 5.92 Å². The van der Waals surface area contributed by atoms with Gasteiger partial charge >= 0.3 is 6.18 Å². The highest BCUT2D eigenvalue weighted by atomic mass is 79.9. The van der Waals surface area contributed by atoms with Gasteiger partial charge in [-0.25, -0.2) is 8.42 Å². The van der Waals surface area contributed by atoms with E-state index in [1.807, 2.05) is 0 Å². The summed E-state index contributed by atoms with van der Waals surface area (Å²) >= 11 is 8.78. The molecule has 0 atom stereocenters. The van der Waals surface area contributed by atoms with Crippen molar-refractivity contribution in [3.8, 4) is 0 Å². The SMILES string of the molecule is O=C(C1CC1)n1ccc2cc(Br)c(S(=O)(=O)Nc3ccc(Cl)c(C(F)(F)F)c3)cc21. The molecule has 30 heavy (non-hydrogen) atoms. The summed E-state index contributed by atoms with van der Waals surface area (Å²) < 4.78 is 68.8. The Kier molecular flexibility index (Phi) is 5.14. The number of fused-ring (bicyclic) bond motifs is 1. The molecular formula is C19H13BrClF3N2O3S. The number of sulfonamides is 1. The summed E-state index contributed by atoms with van der Waals surface area (Å²) in [7, 11) is -4.27. The molecule has 0 radical (unpaired) electrons. The summed E-state index contributed by atoms with van der Waals surface area (Å²) in [6.45, 7) is 0. The maximum absolute atomic E-state index is 13.1. The van der Waals surface area contributed by atoms with Gasteiger partial charge in [0.1, 0.15) is 4.90 Å². The molecule has 0 amide bonds. The van der Waals surface area contributed by atoms with Crippen LogP contribution in [0.1, 0.15) is 23.2 Å². The summed E-state index contributed by atoms with van der Waals surface area (Å²) in [6.07, 6.45) is -1.57. The average Bonchev–Trinajstić information content (AvgIpc) is 3.41. The second kappa shape index (κ2) is 7.28. The van der Waals surface area contributed by atoms with Crippen molar-refractivity contribution in [1.82, 2.24) is 4.57 Å². The fourth-order valence-electron chi connectivity index (χ4n) is 3.08. The van der Waals surface area contributed by atoms with E-state index in [4.69, 9.17) is 11.6 Å². The van der Waals surface area contributed by atoms with Crippen LogP contribution in [0, 0.1) is 5.92 Å². The lowest BCUT2D eigenvalue weighted by Crippen LogP contribution is -2.16. The molecule has 1 aromatic heterocycles. The normalized spacial score (nSPS) is 14.8. The summed E-state index contributed by atoms with van der Waals surface area (Å²) in [6, 6.07) is 7.30. The lowest BCUT2D eigenvalue weighted by Gasteiger charge is -2.14. The summed E-state index contributed by atoms with van der Waals surface area (Å²) in [5, 5.41) is 0.116. The van der Waals surface area contributed by atoms with E-state index >= 15 is 0 Å². The Bertz CT molecular complexity index is 1280. The number of nitrogens with one attached hydrogen (secondary N) is 1. The van der Waals surface area contributed by atoms with Crippen LogP contribution in [0.5, 0.6) is 0 Å². The standard InChI is InChI=1S/C19H13BrClF3N2O3S/c20-14-7-11-5-6-26(18(27)10-1-2-10)16(11)9-17(14)30(28,29)25-12-3-4-15(21)13(8-12)19(22,23)24/h3-10,25H,1-2H2. The number of hydrogen-bond donors (Lipinski definition) is 1. The van der Waals surface area contributed by atoms with Gasteiger partial charge in [0.15, 0.2) is 0 Å². The van der Waals surface area contributed by atoms with Gasteiger partial charge in [-0.1, -0.05) is 11.6 Å². The van der Waals surface area contributed by atoms with E-state index in [1.54, 1.807) is 18.3 Å². The minimum absolute atomic E-state index is 0.0720. The summed E-state index contributed by atoms with van der Waals surface area (Å²) in [5.41, 5.74) is -1.03. The Balaban J connectivity index is 1.75. The van der Waals surface area contributed by atoms with Gasteiger partial charge in [0, 0.05) is 27.7 Å². The molecule has 1 aliphatic carbocycles. The van der Waals surface area contributed by atoms with Crippen molar-refractivity contribution in [2.45, 2.75) is 23.9 Å². The highest BCUT2D eigenvalue weighted by Gasteiger charge is 2.34. The van der Waals surface area contributed by atoms with Gasteiger partial charge < -0.3 is 0 Å². The van der Waals surface area contributed by atoms with E-state index < -0.39 is 26.8 Å². The van der Waals surface area contributed by atoms with E-state index in [2.05, 4.69) is 20.7 Å². The minimum Gasteiger partial charge on any atom is -0.287 e. The van der Waals surface area contributed by atoms with Crippen LogP contribution in [0.25, 0.3) is 10.9 Å². The zero-order valence-corrected chi connectivity index (χ0v) is 18.2.